The Bertz CT molecular complexity index is 854. The maximum Gasteiger partial charge on any atom is 0.323 e. The first-order chi connectivity index (χ1) is 12.0. The third-order valence-corrected chi connectivity index (χ3v) is 4.16. The van der Waals surface area contributed by atoms with E-state index in [1.54, 1.807) is 4.90 Å². The van der Waals surface area contributed by atoms with Crippen molar-refractivity contribution < 1.29 is 14.1 Å². The van der Waals surface area contributed by atoms with Gasteiger partial charge in [-0.15, -0.1) is 0 Å². The van der Waals surface area contributed by atoms with Crippen molar-refractivity contribution in [2.45, 2.75) is 6.54 Å². The van der Waals surface area contributed by atoms with Crippen LogP contribution in [0.15, 0.2) is 29.2 Å². The molecule has 0 unspecified atom stereocenters. The Kier molecular flexibility index (Phi) is 4.61. The smallest absolute Gasteiger partial charge is 0.323 e. The first-order valence-corrected chi connectivity index (χ1v) is 7.67. The van der Waals surface area contributed by atoms with Crippen molar-refractivity contribution in [3.63, 3.8) is 0 Å². The fourth-order valence-corrected chi connectivity index (χ4v) is 2.83. The van der Waals surface area contributed by atoms with Crippen LogP contribution in [-0.2, 0) is 6.54 Å². The fourth-order valence-electron chi connectivity index (χ4n) is 2.83. The Hall–Kier alpha value is -3.01. The van der Waals surface area contributed by atoms with Gasteiger partial charge in [0.25, 0.3) is 11.6 Å². The van der Waals surface area contributed by atoms with Crippen molar-refractivity contribution in [1.82, 2.24) is 19.8 Å². The summed E-state index contributed by atoms with van der Waals surface area (Å²) in [6.45, 7) is 1.77. The monoisotopic (exact) mass is 349 g/mol. The van der Waals surface area contributed by atoms with E-state index in [1.807, 2.05) is 4.90 Å². The van der Waals surface area contributed by atoms with Crippen LogP contribution in [0.25, 0.3) is 0 Å². The quantitative estimate of drug-likeness (QED) is 0.623. The molecule has 132 valence electrons. The highest BCUT2D eigenvalue weighted by atomic mass is 19.1. The number of carbonyl (C=O) groups is 1. The first kappa shape index (κ1) is 16.8. The Morgan fingerprint density at radius 3 is 2.60 bits per heavy atom. The Morgan fingerprint density at radius 1 is 1.28 bits per heavy atom. The SMILES string of the molecule is O=C(c1c[nH]c(=O)[nH]1)N1CCN(Cc2c(F)cccc2[N+](=O)[O-])CC1. The standard InChI is InChI=1S/C15H16FN5O4/c16-11-2-1-3-13(21(24)25)10(11)9-19-4-6-20(7-5-19)14(22)12-8-17-15(23)18-12/h1-3,8H,4-7,9H2,(H2,17,18,23). The lowest BCUT2D eigenvalue weighted by molar-refractivity contribution is -0.386. The van der Waals surface area contributed by atoms with E-state index in [4.69, 9.17) is 0 Å². The van der Waals surface area contributed by atoms with Crippen LogP contribution in [0.1, 0.15) is 16.1 Å². The summed E-state index contributed by atoms with van der Waals surface area (Å²) in [4.78, 5) is 42.0. The number of rotatable bonds is 4. The number of aromatic amines is 2. The number of aromatic nitrogens is 2. The van der Waals surface area contributed by atoms with Crippen LogP contribution in [-0.4, -0.2) is 56.8 Å². The van der Waals surface area contributed by atoms with Crippen LogP contribution in [0, 0.1) is 15.9 Å². The molecule has 1 aliphatic rings. The molecule has 1 amide bonds. The molecule has 2 aromatic rings. The van der Waals surface area contributed by atoms with Gasteiger partial charge in [0.2, 0.25) is 0 Å². The second kappa shape index (κ2) is 6.85. The summed E-state index contributed by atoms with van der Waals surface area (Å²) >= 11 is 0. The van der Waals surface area contributed by atoms with E-state index in [0.717, 1.165) is 0 Å². The molecule has 0 spiro atoms. The van der Waals surface area contributed by atoms with Gasteiger partial charge in [0.05, 0.1) is 10.5 Å². The lowest BCUT2D eigenvalue weighted by Gasteiger charge is -2.34. The molecule has 2 heterocycles. The highest BCUT2D eigenvalue weighted by Gasteiger charge is 2.26. The topological polar surface area (TPSA) is 115 Å². The number of nitrogens with zero attached hydrogens (tertiary/aromatic N) is 3. The lowest BCUT2D eigenvalue weighted by atomic mass is 10.1. The van der Waals surface area contributed by atoms with Crippen molar-refractivity contribution in [3.8, 4) is 0 Å². The van der Waals surface area contributed by atoms with E-state index in [2.05, 4.69) is 9.97 Å². The second-order valence-corrected chi connectivity index (χ2v) is 5.72. The van der Waals surface area contributed by atoms with Crippen molar-refractivity contribution >= 4 is 11.6 Å². The minimum atomic E-state index is -0.613. The largest absolute Gasteiger partial charge is 0.335 e. The number of H-pyrrole nitrogens is 2. The zero-order valence-corrected chi connectivity index (χ0v) is 13.2. The zero-order chi connectivity index (χ0) is 18.0. The van der Waals surface area contributed by atoms with Gasteiger partial charge in [0.1, 0.15) is 11.5 Å². The second-order valence-electron chi connectivity index (χ2n) is 5.72. The molecule has 2 N–H and O–H groups in total. The van der Waals surface area contributed by atoms with E-state index in [0.29, 0.717) is 26.2 Å². The zero-order valence-electron chi connectivity index (χ0n) is 13.2. The van der Waals surface area contributed by atoms with Gasteiger partial charge < -0.3 is 14.9 Å². The van der Waals surface area contributed by atoms with Crippen molar-refractivity contribution in [1.29, 1.82) is 0 Å². The number of benzene rings is 1. The van der Waals surface area contributed by atoms with Gasteiger partial charge in [-0.1, -0.05) is 6.07 Å². The molecule has 0 bridgehead atoms. The number of carbonyl (C=O) groups excluding carboxylic acids is 1. The number of nitro groups is 1. The van der Waals surface area contributed by atoms with Gasteiger partial charge in [-0.2, -0.15) is 0 Å². The lowest BCUT2D eigenvalue weighted by Crippen LogP contribution is -2.48. The van der Waals surface area contributed by atoms with Gasteiger partial charge in [0, 0.05) is 45.0 Å². The highest BCUT2D eigenvalue weighted by Crippen LogP contribution is 2.23. The predicted octanol–water partition coefficient (Wildman–Crippen LogP) is 0.708. The molecule has 1 aromatic heterocycles. The van der Waals surface area contributed by atoms with Gasteiger partial charge in [0.15, 0.2) is 0 Å². The predicted molar refractivity (Wildman–Crippen MR) is 85.6 cm³/mol. The summed E-state index contributed by atoms with van der Waals surface area (Å²) < 4.78 is 14.0. The normalized spacial score (nSPS) is 15.3. The maximum absolute atomic E-state index is 14.0. The summed E-state index contributed by atoms with van der Waals surface area (Å²) in [5.74, 6) is -0.910. The maximum atomic E-state index is 14.0. The number of piperazine rings is 1. The van der Waals surface area contributed by atoms with E-state index in [9.17, 15) is 24.1 Å². The summed E-state index contributed by atoms with van der Waals surface area (Å²) in [7, 11) is 0. The van der Waals surface area contributed by atoms with Crippen LogP contribution in [0.3, 0.4) is 0 Å². The number of imidazole rings is 1. The summed E-state index contributed by atoms with van der Waals surface area (Å²) in [5, 5.41) is 11.1. The Morgan fingerprint density at radius 2 is 2.00 bits per heavy atom. The average Bonchev–Trinajstić information content (AvgIpc) is 3.03. The average molecular weight is 349 g/mol. The minimum Gasteiger partial charge on any atom is -0.335 e. The Balaban J connectivity index is 1.65. The summed E-state index contributed by atoms with van der Waals surface area (Å²) in [6.07, 6.45) is 1.32. The number of hydrogen-bond donors (Lipinski definition) is 2. The number of amides is 1. The van der Waals surface area contributed by atoms with Crippen molar-refractivity contribution in [3.05, 3.63) is 62.1 Å². The van der Waals surface area contributed by atoms with Crippen molar-refractivity contribution in [2.75, 3.05) is 26.2 Å². The summed E-state index contributed by atoms with van der Waals surface area (Å²) in [5.41, 5.74) is -0.470. The number of hydrogen-bond acceptors (Lipinski definition) is 5. The summed E-state index contributed by atoms with van der Waals surface area (Å²) in [6, 6.07) is 3.79. The number of nitro benzene ring substituents is 1. The van der Waals surface area contributed by atoms with Crippen LogP contribution in [0.2, 0.25) is 0 Å². The van der Waals surface area contributed by atoms with Crippen molar-refractivity contribution in [2.24, 2.45) is 0 Å². The molecule has 10 heteroatoms. The van der Waals surface area contributed by atoms with E-state index in [-0.39, 0.29) is 29.4 Å². The fraction of sp³-hybridized carbons (Fsp3) is 0.333. The van der Waals surface area contributed by atoms with Gasteiger partial charge in [-0.3, -0.25) is 19.8 Å². The van der Waals surface area contributed by atoms with Gasteiger partial charge >= 0.3 is 5.69 Å². The molecule has 0 aliphatic carbocycles. The molecule has 1 aromatic carbocycles. The molecule has 1 aliphatic heterocycles. The Labute approximate surface area is 141 Å². The molecule has 1 saturated heterocycles. The van der Waals surface area contributed by atoms with E-state index < -0.39 is 16.4 Å². The van der Waals surface area contributed by atoms with Crippen LogP contribution in [0.5, 0.6) is 0 Å². The molecular formula is C15H16FN5O4. The minimum absolute atomic E-state index is 0.0437. The molecule has 25 heavy (non-hydrogen) atoms. The number of nitrogens with one attached hydrogen (secondary N) is 2. The van der Waals surface area contributed by atoms with Gasteiger partial charge in [-0.25, -0.2) is 9.18 Å². The van der Waals surface area contributed by atoms with Crippen LogP contribution >= 0.6 is 0 Å². The molecule has 9 nitrogen and oxygen atoms in total. The van der Waals surface area contributed by atoms with E-state index in [1.165, 1.54) is 24.4 Å². The van der Waals surface area contributed by atoms with Crippen LogP contribution < -0.4 is 5.69 Å². The molecule has 0 radical (unpaired) electrons. The highest BCUT2D eigenvalue weighted by molar-refractivity contribution is 5.92. The molecule has 3 rings (SSSR count). The molecule has 0 atom stereocenters. The van der Waals surface area contributed by atoms with E-state index >= 15 is 0 Å². The first-order valence-electron chi connectivity index (χ1n) is 7.67. The third kappa shape index (κ3) is 3.58. The third-order valence-electron chi connectivity index (χ3n) is 4.16. The molecular weight excluding hydrogens is 333 g/mol. The number of halogens is 1. The molecule has 1 fully saturated rings. The van der Waals surface area contributed by atoms with Gasteiger partial charge in [-0.05, 0) is 6.07 Å². The van der Waals surface area contributed by atoms with Crippen LogP contribution in [0.4, 0.5) is 10.1 Å². The molecule has 0 saturated carbocycles.